The van der Waals surface area contributed by atoms with Crippen LogP contribution in [0.4, 0.5) is 4.39 Å². The standard InChI is InChI=1S/C16H13FN2O3/c1-3-11-14-13(22-16(21)18-11)8-12(19(2)15(14)20)9-4-6-10(17)7-5-9/h4-8H,3H2,1-2H3. The Kier molecular flexibility index (Phi) is 3.36. The number of hydrogen-bond acceptors (Lipinski definition) is 4. The minimum absolute atomic E-state index is 0.194. The van der Waals surface area contributed by atoms with Gasteiger partial charge in [0.15, 0.2) is 0 Å². The zero-order chi connectivity index (χ0) is 15.9. The number of halogens is 1. The Morgan fingerprint density at radius 2 is 1.91 bits per heavy atom. The van der Waals surface area contributed by atoms with E-state index in [0.29, 0.717) is 28.8 Å². The summed E-state index contributed by atoms with van der Waals surface area (Å²) in [5.74, 6) is -1.10. The fourth-order valence-corrected chi connectivity index (χ4v) is 2.46. The van der Waals surface area contributed by atoms with Gasteiger partial charge in [0.2, 0.25) is 0 Å². The molecule has 0 saturated carbocycles. The normalized spacial score (nSPS) is 11.0. The SMILES string of the molecule is CCc1nc(=O)oc2cc(-c3ccc(F)cc3)n(C)c(=O)c12. The van der Waals surface area contributed by atoms with Gasteiger partial charge in [-0.3, -0.25) is 4.79 Å². The molecule has 0 unspecified atom stereocenters. The Labute approximate surface area is 124 Å². The van der Waals surface area contributed by atoms with Crippen molar-refractivity contribution in [2.45, 2.75) is 13.3 Å². The highest BCUT2D eigenvalue weighted by molar-refractivity contribution is 5.82. The molecule has 2 aromatic heterocycles. The molecule has 3 rings (SSSR count). The zero-order valence-electron chi connectivity index (χ0n) is 12.1. The summed E-state index contributed by atoms with van der Waals surface area (Å²) in [5.41, 5.74) is 1.50. The highest BCUT2D eigenvalue weighted by atomic mass is 19.1. The predicted octanol–water partition coefficient (Wildman–Crippen LogP) is 2.26. The van der Waals surface area contributed by atoms with Crippen LogP contribution in [0.15, 0.2) is 44.3 Å². The van der Waals surface area contributed by atoms with E-state index >= 15 is 0 Å². The van der Waals surface area contributed by atoms with Crippen molar-refractivity contribution in [3.8, 4) is 11.3 Å². The number of benzene rings is 1. The van der Waals surface area contributed by atoms with Crippen LogP contribution in [0.2, 0.25) is 0 Å². The number of fused-ring (bicyclic) bond motifs is 1. The Morgan fingerprint density at radius 3 is 2.55 bits per heavy atom. The molecule has 0 amide bonds. The fourth-order valence-electron chi connectivity index (χ4n) is 2.46. The van der Waals surface area contributed by atoms with Gasteiger partial charge in [-0.05, 0) is 36.2 Å². The lowest BCUT2D eigenvalue weighted by Crippen LogP contribution is -2.22. The summed E-state index contributed by atoms with van der Waals surface area (Å²) in [4.78, 5) is 27.8. The van der Waals surface area contributed by atoms with Gasteiger partial charge in [0.05, 0.1) is 11.4 Å². The van der Waals surface area contributed by atoms with Crippen molar-refractivity contribution in [2.75, 3.05) is 0 Å². The van der Waals surface area contributed by atoms with Gasteiger partial charge in [0.1, 0.15) is 16.8 Å². The van der Waals surface area contributed by atoms with E-state index in [1.54, 1.807) is 25.2 Å². The average molecular weight is 300 g/mol. The summed E-state index contributed by atoms with van der Waals surface area (Å²) in [7, 11) is 1.62. The van der Waals surface area contributed by atoms with Gasteiger partial charge in [0, 0.05) is 13.1 Å². The lowest BCUT2D eigenvalue weighted by molar-refractivity contribution is 0.525. The average Bonchev–Trinajstić information content (AvgIpc) is 2.50. The third-order valence-electron chi connectivity index (χ3n) is 3.58. The maximum absolute atomic E-state index is 13.1. The Morgan fingerprint density at radius 1 is 1.23 bits per heavy atom. The van der Waals surface area contributed by atoms with Crippen LogP contribution in [0.1, 0.15) is 12.6 Å². The highest BCUT2D eigenvalue weighted by Crippen LogP contribution is 2.22. The van der Waals surface area contributed by atoms with Gasteiger partial charge in [-0.25, -0.2) is 9.18 Å². The highest BCUT2D eigenvalue weighted by Gasteiger charge is 2.15. The first-order valence-corrected chi connectivity index (χ1v) is 6.81. The molecule has 6 heteroatoms. The minimum atomic E-state index is -0.734. The van der Waals surface area contributed by atoms with E-state index in [1.165, 1.54) is 16.7 Å². The van der Waals surface area contributed by atoms with Crippen molar-refractivity contribution in [1.29, 1.82) is 0 Å². The molecule has 0 aliphatic heterocycles. The Hall–Kier alpha value is -2.76. The second-order valence-electron chi connectivity index (χ2n) is 4.92. The maximum atomic E-state index is 13.1. The molecule has 0 aliphatic rings. The smallest absolute Gasteiger partial charge is 0.408 e. The van der Waals surface area contributed by atoms with Gasteiger partial charge in [-0.15, -0.1) is 0 Å². The third-order valence-corrected chi connectivity index (χ3v) is 3.58. The van der Waals surface area contributed by atoms with Crippen LogP contribution in [0.25, 0.3) is 22.2 Å². The summed E-state index contributed by atoms with van der Waals surface area (Å²) in [6.45, 7) is 1.81. The van der Waals surface area contributed by atoms with Crippen LogP contribution < -0.4 is 11.3 Å². The Balaban J connectivity index is 2.39. The maximum Gasteiger partial charge on any atom is 0.439 e. The number of hydrogen-bond donors (Lipinski definition) is 0. The van der Waals surface area contributed by atoms with Gasteiger partial charge in [0.25, 0.3) is 5.56 Å². The van der Waals surface area contributed by atoms with E-state index in [2.05, 4.69) is 4.98 Å². The van der Waals surface area contributed by atoms with Crippen molar-refractivity contribution in [3.63, 3.8) is 0 Å². The van der Waals surface area contributed by atoms with Crippen LogP contribution >= 0.6 is 0 Å². The van der Waals surface area contributed by atoms with Gasteiger partial charge in [-0.1, -0.05) is 6.92 Å². The fraction of sp³-hybridized carbons (Fsp3) is 0.188. The van der Waals surface area contributed by atoms with Crippen LogP contribution in [-0.4, -0.2) is 9.55 Å². The first-order valence-electron chi connectivity index (χ1n) is 6.81. The van der Waals surface area contributed by atoms with Crippen molar-refractivity contribution < 1.29 is 8.81 Å². The molecule has 22 heavy (non-hydrogen) atoms. The molecule has 0 N–H and O–H groups in total. The van der Waals surface area contributed by atoms with E-state index in [9.17, 15) is 14.0 Å². The third kappa shape index (κ3) is 2.22. The number of nitrogens with zero attached hydrogens (tertiary/aromatic N) is 2. The summed E-state index contributed by atoms with van der Waals surface area (Å²) >= 11 is 0. The van der Waals surface area contributed by atoms with Crippen molar-refractivity contribution in [3.05, 3.63) is 62.7 Å². The lowest BCUT2D eigenvalue weighted by Gasteiger charge is -2.10. The summed E-state index contributed by atoms with van der Waals surface area (Å²) in [5, 5.41) is 0.301. The minimum Gasteiger partial charge on any atom is -0.408 e. The first kappa shape index (κ1) is 14.2. The second-order valence-corrected chi connectivity index (χ2v) is 4.92. The van der Waals surface area contributed by atoms with Crippen LogP contribution in [0.3, 0.4) is 0 Å². The van der Waals surface area contributed by atoms with Crippen molar-refractivity contribution in [1.82, 2.24) is 9.55 Å². The van der Waals surface area contributed by atoms with Gasteiger partial charge in [-0.2, -0.15) is 4.98 Å². The van der Waals surface area contributed by atoms with E-state index in [4.69, 9.17) is 4.42 Å². The second kappa shape index (κ2) is 5.22. The molecule has 0 spiro atoms. The predicted molar refractivity (Wildman–Crippen MR) is 80.3 cm³/mol. The molecule has 2 heterocycles. The molecular weight excluding hydrogens is 287 g/mol. The molecule has 1 aromatic carbocycles. The van der Waals surface area contributed by atoms with E-state index in [0.717, 1.165) is 0 Å². The molecule has 0 fully saturated rings. The molecule has 0 aliphatic carbocycles. The first-order chi connectivity index (χ1) is 10.5. The molecule has 0 saturated heterocycles. The summed E-state index contributed by atoms with van der Waals surface area (Å²) in [6.07, 6.45) is 0.452. The molecule has 0 atom stereocenters. The van der Waals surface area contributed by atoms with E-state index in [1.807, 2.05) is 6.92 Å². The van der Waals surface area contributed by atoms with Crippen LogP contribution in [0.5, 0.6) is 0 Å². The number of rotatable bonds is 2. The van der Waals surface area contributed by atoms with Crippen molar-refractivity contribution in [2.24, 2.45) is 7.05 Å². The van der Waals surface area contributed by atoms with Crippen LogP contribution in [0, 0.1) is 5.82 Å². The van der Waals surface area contributed by atoms with Crippen molar-refractivity contribution >= 4 is 11.0 Å². The zero-order valence-corrected chi connectivity index (χ0v) is 12.1. The monoisotopic (exact) mass is 300 g/mol. The largest absolute Gasteiger partial charge is 0.439 e. The number of pyridine rings is 1. The van der Waals surface area contributed by atoms with E-state index in [-0.39, 0.29) is 17.0 Å². The molecule has 112 valence electrons. The quantitative estimate of drug-likeness (QED) is 0.728. The summed E-state index contributed by atoms with van der Waals surface area (Å²) < 4.78 is 19.6. The van der Waals surface area contributed by atoms with E-state index < -0.39 is 5.76 Å². The summed E-state index contributed by atoms with van der Waals surface area (Å²) in [6, 6.07) is 7.35. The molecular formula is C16H13FN2O3. The molecule has 5 nitrogen and oxygen atoms in total. The molecule has 0 radical (unpaired) electrons. The number of aromatic nitrogens is 2. The van der Waals surface area contributed by atoms with Gasteiger partial charge < -0.3 is 8.98 Å². The topological polar surface area (TPSA) is 65.1 Å². The molecule has 3 aromatic rings. The Bertz CT molecular complexity index is 972. The number of aryl methyl sites for hydroxylation is 1. The molecule has 0 bridgehead atoms. The van der Waals surface area contributed by atoms with Crippen LogP contribution in [-0.2, 0) is 13.5 Å². The lowest BCUT2D eigenvalue weighted by atomic mass is 10.1. The van der Waals surface area contributed by atoms with Gasteiger partial charge >= 0.3 is 5.76 Å².